The molecule has 0 saturated heterocycles. The number of rotatable bonds is 2. The fraction of sp³-hybridized carbons (Fsp3) is 0.300. The van der Waals surface area contributed by atoms with Crippen LogP contribution in [-0.4, -0.2) is 32.8 Å². The molecule has 0 amide bonds. The number of nitrogens with one attached hydrogen (secondary N) is 1. The van der Waals surface area contributed by atoms with Crippen molar-refractivity contribution in [2.24, 2.45) is 7.05 Å². The van der Waals surface area contributed by atoms with Gasteiger partial charge in [0.2, 0.25) is 0 Å². The molecule has 0 radical (unpaired) electrons. The summed E-state index contributed by atoms with van der Waals surface area (Å²) in [6.45, 7) is 1.78. The molecule has 2 aromatic rings. The van der Waals surface area contributed by atoms with Crippen LogP contribution in [0.2, 0.25) is 0 Å². The smallest absolute Gasteiger partial charge is 0.358 e. The van der Waals surface area contributed by atoms with Gasteiger partial charge < -0.3 is 9.72 Å². The van der Waals surface area contributed by atoms with Crippen molar-refractivity contribution in [3.63, 3.8) is 0 Å². The van der Waals surface area contributed by atoms with Crippen molar-refractivity contribution in [1.29, 1.82) is 0 Å². The minimum atomic E-state index is -0.442. The summed E-state index contributed by atoms with van der Waals surface area (Å²) in [7, 11) is 3.14. The molecule has 0 aliphatic carbocycles. The maximum atomic E-state index is 11.4. The van der Waals surface area contributed by atoms with E-state index in [1.165, 1.54) is 7.11 Å². The van der Waals surface area contributed by atoms with E-state index in [9.17, 15) is 4.79 Å². The number of aromatic nitrogens is 4. The second-order valence-corrected chi connectivity index (χ2v) is 3.39. The molecule has 6 nitrogen and oxygen atoms in total. The number of carbonyl (C=O) groups excluding carboxylic acids is 1. The van der Waals surface area contributed by atoms with E-state index in [4.69, 9.17) is 0 Å². The van der Waals surface area contributed by atoms with E-state index >= 15 is 0 Å². The largest absolute Gasteiger partial charge is 0.464 e. The van der Waals surface area contributed by atoms with Gasteiger partial charge in [-0.3, -0.25) is 4.68 Å². The van der Waals surface area contributed by atoms with Crippen molar-refractivity contribution in [1.82, 2.24) is 19.7 Å². The van der Waals surface area contributed by atoms with Gasteiger partial charge in [0.1, 0.15) is 5.69 Å². The number of aromatic amines is 1. The van der Waals surface area contributed by atoms with Gasteiger partial charge in [-0.2, -0.15) is 5.10 Å². The first-order valence-corrected chi connectivity index (χ1v) is 4.76. The molecule has 0 aromatic carbocycles. The van der Waals surface area contributed by atoms with E-state index in [0.29, 0.717) is 17.2 Å². The minimum absolute atomic E-state index is 0.304. The maximum absolute atomic E-state index is 11.4. The molecule has 16 heavy (non-hydrogen) atoms. The summed E-state index contributed by atoms with van der Waals surface area (Å²) in [5, 5.41) is 4.04. The predicted octanol–water partition coefficient (Wildman–Crippen LogP) is 0.905. The van der Waals surface area contributed by atoms with Crippen molar-refractivity contribution in [2.75, 3.05) is 7.11 Å². The third-order valence-corrected chi connectivity index (χ3v) is 2.33. The summed E-state index contributed by atoms with van der Waals surface area (Å²) in [5.41, 5.74) is 1.81. The molecule has 1 N–H and O–H groups in total. The summed E-state index contributed by atoms with van der Waals surface area (Å²) in [5.74, 6) is 0.167. The predicted molar refractivity (Wildman–Crippen MR) is 56.9 cm³/mol. The molecule has 0 aliphatic rings. The van der Waals surface area contributed by atoms with Crippen molar-refractivity contribution in [2.45, 2.75) is 6.92 Å². The summed E-state index contributed by atoms with van der Waals surface area (Å²) in [6, 6.07) is 1.82. The van der Waals surface area contributed by atoms with Crippen molar-refractivity contribution < 1.29 is 9.53 Å². The lowest BCUT2D eigenvalue weighted by Crippen LogP contribution is -2.03. The third-order valence-electron chi connectivity index (χ3n) is 2.33. The van der Waals surface area contributed by atoms with Gasteiger partial charge in [0.15, 0.2) is 11.5 Å². The van der Waals surface area contributed by atoms with E-state index in [1.807, 2.05) is 13.1 Å². The van der Waals surface area contributed by atoms with Crippen molar-refractivity contribution in [3.05, 3.63) is 23.7 Å². The second-order valence-electron chi connectivity index (χ2n) is 3.39. The zero-order valence-electron chi connectivity index (χ0n) is 9.31. The zero-order valence-corrected chi connectivity index (χ0v) is 9.31. The number of hydrogen-bond donors (Lipinski definition) is 1. The van der Waals surface area contributed by atoms with Gasteiger partial charge in [-0.05, 0) is 13.0 Å². The van der Waals surface area contributed by atoms with Gasteiger partial charge in [-0.1, -0.05) is 0 Å². The Morgan fingerprint density at radius 3 is 2.88 bits per heavy atom. The van der Waals surface area contributed by atoms with Gasteiger partial charge in [-0.15, -0.1) is 0 Å². The molecule has 6 heteroatoms. The number of hydrogen-bond acceptors (Lipinski definition) is 4. The van der Waals surface area contributed by atoms with Crippen molar-refractivity contribution >= 4 is 5.97 Å². The van der Waals surface area contributed by atoms with E-state index in [1.54, 1.807) is 17.8 Å². The molecule has 0 unspecified atom stereocenters. The highest BCUT2D eigenvalue weighted by molar-refractivity contribution is 5.89. The average molecular weight is 220 g/mol. The molecule has 84 valence electrons. The third kappa shape index (κ3) is 1.58. The van der Waals surface area contributed by atoms with Crippen molar-refractivity contribution in [3.8, 4) is 11.5 Å². The first-order valence-electron chi connectivity index (χ1n) is 4.76. The molecule has 0 fully saturated rings. The molecule has 0 bridgehead atoms. The van der Waals surface area contributed by atoms with E-state index in [2.05, 4.69) is 19.8 Å². The lowest BCUT2D eigenvalue weighted by atomic mass is 10.3. The number of methoxy groups -OCH3 is 1. The van der Waals surface area contributed by atoms with Crippen LogP contribution in [0.4, 0.5) is 0 Å². The molecule has 2 rings (SSSR count). The van der Waals surface area contributed by atoms with Crippen LogP contribution in [0.3, 0.4) is 0 Å². The van der Waals surface area contributed by atoms with Crippen LogP contribution in [0.1, 0.15) is 16.2 Å². The normalized spacial score (nSPS) is 10.4. The summed E-state index contributed by atoms with van der Waals surface area (Å²) >= 11 is 0. The van der Waals surface area contributed by atoms with Crippen LogP contribution in [0, 0.1) is 6.92 Å². The lowest BCUT2D eigenvalue weighted by Gasteiger charge is -1.95. The summed E-state index contributed by atoms with van der Waals surface area (Å²) in [6.07, 6.45) is 1.67. The molecule has 0 saturated carbocycles. The highest BCUT2D eigenvalue weighted by Crippen LogP contribution is 2.17. The Bertz CT molecular complexity index is 527. The first-order chi connectivity index (χ1) is 7.63. The molecular formula is C10H12N4O2. The SMILES string of the molecule is COC(=O)c1nc(-c2ccnn2C)[nH]c1C. The van der Waals surface area contributed by atoms with Crippen LogP contribution >= 0.6 is 0 Å². The highest BCUT2D eigenvalue weighted by atomic mass is 16.5. The number of H-pyrrole nitrogens is 1. The number of carbonyl (C=O) groups is 1. The fourth-order valence-corrected chi connectivity index (χ4v) is 1.48. The summed E-state index contributed by atoms with van der Waals surface area (Å²) in [4.78, 5) is 18.6. The minimum Gasteiger partial charge on any atom is -0.464 e. The Morgan fingerprint density at radius 2 is 2.31 bits per heavy atom. The second kappa shape index (κ2) is 3.80. The molecule has 0 spiro atoms. The zero-order chi connectivity index (χ0) is 11.7. The monoisotopic (exact) mass is 220 g/mol. The Balaban J connectivity index is 2.46. The highest BCUT2D eigenvalue weighted by Gasteiger charge is 2.17. The van der Waals surface area contributed by atoms with Crippen LogP contribution in [0.15, 0.2) is 12.3 Å². The number of aryl methyl sites for hydroxylation is 2. The number of ether oxygens (including phenoxy) is 1. The molecule has 2 heterocycles. The van der Waals surface area contributed by atoms with Crippen LogP contribution in [0.25, 0.3) is 11.5 Å². The van der Waals surface area contributed by atoms with Gasteiger partial charge >= 0.3 is 5.97 Å². The van der Waals surface area contributed by atoms with E-state index in [-0.39, 0.29) is 0 Å². The van der Waals surface area contributed by atoms with E-state index in [0.717, 1.165) is 5.69 Å². The number of nitrogens with zero attached hydrogens (tertiary/aromatic N) is 3. The standard InChI is InChI=1S/C10H12N4O2/c1-6-8(10(15)16-3)13-9(12-6)7-4-5-11-14(7)2/h4-5H,1-3H3,(H,12,13). The van der Waals surface area contributed by atoms with Gasteiger partial charge in [-0.25, -0.2) is 9.78 Å². The molecule has 0 atom stereocenters. The van der Waals surface area contributed by atoms with Crippen LogP contribution in [0.5, 0.6) is 0 Å². The van der Waals surface area contributed by atoms with Crippen LogP contribution in [-0.2, 0) is 11.8 Å². The number of imidazole rings is 1. The fourth-order valence-electron chi connectivity index (χ4n) is 1.48. The molecular weight excluding hydrogens is 208 g/mol. The maximum Gasteiger partial charge on any atom is 0.358 e. The Labute approximate surface area is 92.3 Å². The number of esters is 1. The van der Waals surface area contributed by atoms with Gasteiger partial charge in [0.25, 0.3) is 0 Å². The Kier molecular flexibility index (Phi) is 2.47. The average Bonchev–Trinajstić information content (AvgIpc) is 2.83. The Hall–Kier alpha value is -2.11. The van der Waals surface area contributed by atoms with Crippen LogP contribution < -0.4 is 0 Å². The summed E-state index contributed by atoms with van der Waals surface area (Å²) < 4.78 is 6.31. The topological polar surface area (TPSA) is 72.8 Å². The quantitative estimate of drug-likeness (QED) is 0.763. The van der Waals surface area contributed by atoms with E-state index < -0.39 is 5.97 Å². The van der Waals surface area contributed by atoms with Gasteiger partial charge in [0.05, 0.1) is 7.11 Å². The molecule has 2 aromatic heterocycles. The molecule has 0 aliphatic heterocycles. The Morgan fingerprint density at radius 1 is 1.56 bits per heavy atom. The van der Waals surface area contributed by atoms with Gasteiger partial charge in [0, 0.05) is 18.9 Å². The first kappa shape index (κ1) is 10.4. The lowest BCUT2D eigenvalue weighted by molar-refractivity contribution is 0.0594.